The summed E-state index contributed by atoms with van der Waals surface area (Å²) in [5.41, 5.74) is 7.55. The third kappa shape index (κ3) is 3.30. The van der Waals surface area contributed by atoms with E-state index in [-0.39, 0.29) is 17.6 Å². The van der Waals surface area contributed by atoms with Crippen LogP contribution < -0.4 is 4.57 Å². The second kappa shape index (κ2) is 8.15. The van der Waals surface area contributed by atoms with Crippen molar-refractivity contribution in [3.05, 3.63) is 88.5 Å². The Morgan fingerprint density at radius 3 is 2.35 bits per heavy atom. The van der Waals surface area contributed by atoms with Crippen LogP contribution in [0, 0.1) is 32.1 Å². The van der Waals surface area contributed by atoms with Crippen molar-refractivity contribution in [2.75, 3.05) is 0 Å². The number of rotatable bonds is 3. The van der Waals surface area contributed by atoms with E-state index in [0.717, 1.165) is 27.9 Å². The summed E-state index contributed by atoms with van der Waals surface area (Å²) in [6.45, 7) is 10.2. The number of hydrogen-bond donors (Lipinski definition) is 0. The van der Waals surface area contributed by atoms with Crippen LogP contribution in [0.1, 0.15) is 54.6 Å². The lowest BCUT2D eigenvalue weighted by molar-refractivity contribution is -0.666. The fourth-order valence-corrected chi connectivity index (χ4v) is 4.73. The number of aryl methyl sites for hydroxylation is 3. The molecule has 5 aromatic rings. The van der Waals surface area contributed by atoms with E-state index in [9.17, 15) is 5.26 Å². The van der Waals surface area contributed by atoms with Gasteiger partial charge in [-0.2, -0.15) is 9.83 Å². The molecule has 2 aromatic heterocycles. The van der Waals surface area contributed by atoms with Crippen LogP contribution in [0.25, 0.3) is 44.3 Å². The van der Waals surface area contributed by atoms with Gasteiger partial charge in [0.25, 0.3) is 0 Å². The smallest absolute Gasteiger partial charge is 0.216 e. The molecule has 0 amide bonds. The minimum absolute atomic E-state index is 0.0634. The summed E-state index contributed by atoms with van der Waals surface area (Å²) < 4.78 is 50.5. The van der Waals surface area contributed by atoms with Crippen molar-refractivity contribution in [2.24, 2.45) is 7.05 Å². The molecule has 0 N–H and O–H groups in total. The third-order valence-corrected chi connectivity index (χ3v) is 6.68. The maximum Gasteiger partial charge on any atom is 0.216 e. The quantitative estimate of drug-likeness (QED) is 0.265. The summed E-state index contributed by atoms with van der Waals surface area (Å²) in [7, 11) is 2.01. The molecule has 0 aliphatic heterocycles. The average molecular weight is 451 g/mol. The predicted molar refractivity (Wildman–Crippen MR) is 139 cm³/mol. The number of hydrogen-bond acceptors (Lipinski definition) is 2. The fraction of sp³-hybridized carbons (Fsp3) is 0.226. The number of nitrogens with zero attached hydrogens (tertiary/aromatic N) is 2. The minimum atomic E-state index is -0.452. The standard InChI is InChI=1S/C31H29N2O/c1-18(2)23-15-21(5)33(6)26(16-23)28-19(3)12-13-25-29-24(17-32)14-20(4)27(31(29)34-30(25)28)22-10-8-7-9-11-22/h7-16,18H,1-6H3/q+1/i7D,8D,9D,10D,11D. The van der Waals surface area contributed by atoms with Crippen molar-refractivity contribution < 1.29 is 15.8 Å². The van der Waals surface area contributed by atoms with E-state index >= 15 is 0 Å². The molecule has 3 nitrogen and oxygen atoms in total. The lowest BCUT2D eigenvalue weighted by Gasteiger charge is -2.11. The van der Waals surface area contributed by atoms with E-state index < -0.39 is 18.1 Å². The van der Waals surface area contributed by atoms with Gasteiger partial charge in [-0.05, 0) is 48.1 Å². The zero-order valence-corrected chi connectivity index (χ0v) is 20.3. The van der Waals surface area contributed by atoms with Crippen LogP contribution in [0.4, 0.5) is 0 Å². The molecule has 0 unspecified atom stereocenters. The van der Waals surface area contributed by atoms with Gasteiger partial charge in [0.15, 0.2) is 5.69 Å². The molecule has 2 heterocycles. The average Bonchev–Trinajstić information content (AvgIpc) is 3.28. The van der Waals surface area contributed by atoms with Gasteiger partial charge >= 0.3 is 0 Å². The summed E-state index contributed by atoms with van der Waals surface area (Å²) in [4.78, 5) is 0. The highest BCUT2D eigenvalue weighted by molar-refractivity contribution is 6.15. The molecule has 0 radical (unpaired) electrons. The first-order valence-corrected chi connectivity index (χ1v) is 11.4. The highest BCUT2D eigenvalue weighted by Crippen LogP contribution is 2.43. The molecule has 0 fully saturated rings. The Morgan fingerprint density at radius 1 is 0.941 bits per heavy atom. The van der Waals surface area contributed by atoms with Crippen molar-refractivity contribution in [3.8, 4) is 28.5 Å². The Morgan fingerprint density at radius 2 is 1.68 bits per heavy atom. The molecule has 0 atom stereocenters. The minimum Gasteiger partial charge on any atom is -0.454 e. The lowest BCUT2D eigenvalue weighted by atomic mass is 9.93. The van der Waals surface area contributed by atoms with Gasteiger partial charge in [-0.25, -0.2) is 0 Å². The van der Waals surface area contributed by atoms with Crippen LogP contribution in [0.2, 0.25) is 0 Å². The van der Waals surface area contributed by atoms with Gasteiger partial charge in [-0.3, -0.25) is 0 Å². The summed E-state index contributed by atoms with van der Waals surface area (Å²) >= 11 is 0. The Labute approximate surface area is 207 Å². The molecule has 0 aliphatic rings. The zero-order valence-electron chi connectivity index (χ0n) is 25.3. The number of benzene rings is 3. The van der Waals surface area contributed by atoms with Crippen molar-refractivity contribution >= 4 is 21.9 Å². The molecule has 3 heteroatoms. The second-order valence-electron chi connectivity index (χ2n) is 9.20. The molecule has 34 heavy (non-hydrogen) atoms. The normalized spacial score (nSPS) is 13.5. The summed E-state index contributed by atoms with van der Waals surface area (Å²) in [6.07, 6.45) is 0. The highest BCUT2D eigenvalue weighted by atomic mass is 16.3. The van der Waals surface area contributed by atoms with E-state index in [0.29, 0.717) is 39.2 Å². The number of nitriles is 1. The molecule has 0 saturated carbocycles. The van der Waals surface area contributed by atoms with Gasteiger partial charge in [0.05, 0.1) is 24.0 Å². The van der Waals surface area contributed by atoms with E-state index in [1.54, 1.807) is 13.0 Å². The molecule has 3 aromatic carbocycles. The maximum atomic E-state index is 10.1. The van der Waals surface area contributed by atoms with Crippen molar-refractivity contribution in [3.63, 3.8) is 0 Å². The Bertz CT molecular complexity index is 1870. The van der Waals surface area contributed by atoms with Gasteiger partial charge < -0.3 is 4.42 Å². The largest absolute Gasteiger partial charge is 0.454 e. The molecule has 0 bridgehead atoms. The van der Waals surface area contributed by atoms with Gasteiger partial charge in [0.2, 0.25) is 5.69 Å². The summed E-state index contributed by atoms with van der Waals surface area (Å²) in [5.74, 6) is 0.322. The number of pyridine rings is 1. The van der Waals surface area contributed by atoms with E-state index in [1.807, 2.05) is 26.1 Å². The van der Waals surface area contributed by atoms with Crippen LogP contribution in [-0.4, -0.2) is 0 Å². The lowest BCUT2D eigenvalue weighted by Crippen LogP contribution is -2.35. The molecule has 0 aliphatic carbocycles. The van der Waals surface area contributed by atoms with Crippen molar-refractivity contribution in [1.29, 1.82) is 5.26 Å². The monoisotopic (exact) mass is 450 g/mol. The summed E-state index contributed by atoms with van der Waals surface area (Å²) in [6, 6.07) is 10.4. The van der Waals surface area contributed by atoms with Crippen LogP contribution in [0.15, 0.2) is 65.0 Å². The Hall–Kier alpha value is -3.90. The first-order chi connectivity index (χ1) is 18.4. The van der Waals surface area contributed by atoms with Gasteiger partial charge in [-0.1, -0.05) is 56.2 Å². The second-order valence-corrected chi connectivity index (χ2v) is 9.20. The molecular formula is C31H29N2O+. The zero-order chi connectivity index (χ0) is 28.5. The van der Waals surface area contributed by atoms with Gasteiger partial charge in [-0.15, -0.1) is 0 Å². The molecule has 0 saturated heterocycles. The number of fused-ring (bicyclic) bond motifs is 3. The van der Waals surface area contributed by atoms with Crippen LogP contribution >= 0.6 is 0 Å². The van der Waals surface area contributed by atoms with E-state index in [4.69, 9.17) is 11.3 Å². The van der Waals surface area contributed by atoms with Gasteiger partial charge in [0, 0.05) is 35.4 Å². The first-order valence-electron chi connectivity index (χ1n) is 13.9. The highest BCUT2D eigenvalue weighted by Gasteiger charge is 2.25. The molecule has 168 valence electrons. The third-order valence-electron chi connectivity index (χ3n) is 6.68. The molecule has 0 spiro atoms. The number of aromatic nitrogens is 1. The molecule has 5 rings (SSSR count). The maximum absolute atomic E-state index is 10.1. The van der Waals surface area contributed by atoms with E-state index in [1.165, 1.54) is 5.56 Å². The van der Waals surface area contributed by atoms with Crippen LogP contribution in [0.3, 0.4) is 0 Å². The predicted octanol–water partition coefficient (Wildman–Crippen LogP) is 7.66. The van der Waals surface area contributed by atoms with E-state index in [2.05, 4.69) is 43.5 Å². The topological polar surface area (TPSA) is 40.8 Å². The van der Waals surface area contributed by atoms with Gasteiger partial charge in [0.1, 0.15) is 18.2 Å². The Balaban J connectivity index is 2.00. The van der Waals surface area contributed by atoms with Crippen molar-refractivity contribution in [2.45, 2.75) is 40.5 Å². The van der Waals surface area contributed by atoms with Crippen LogP contribution in [-0.2, 0) is 7.05 Å². The van der Waals surface area contributed by atoms with Crippen molar-refractivity contribution in [1.82, 2.24) is 0 Å². The fourth-order valence-electron chi connectivity index (χ4n) is 4.73. The van der Waals surface area contributed by atoms with Crippen LogP contribution in [0.5, 0.6) is 0 Å². The SMILES string of the molecule is [2H]c1c([2H])c([2H])c(-c2c(C)cc(C#N)c3c2oc2c(-c4cc(C(C)C)cc(C)[n+]4C)c(C)ccc23)c([2H])c1[2H]. The summed E-state index contributed by atoms with van der Waals surface area (Å²) in [5, 5.41) is 11.4. The Kier molecular flexibility index (Phi) is 4.00. The number of furan rings is 1. The first kappa shape index (κ1) is 16.7. The molecular weight excluding hydrogens is 416 g/mol.